The van der Waals surface area contributed by atoms with Crippen LogP contribution in [-0.4, -0.2) is 54.5 Å². The normalized spacial score (nSPS) is 14.9. The first-order chi connectivity index (χ1) is 13.7. The monoisotopic (exact) mass is 415 g/mol. The minimum atomic E-state index is -0.00166. The van der Waals surface area contributed by atoms with E-state index >= 15 is 0 Å². The van der Waals surface area contributed by atoms with Crippen molar-refractivity contribution in [2.24, 2.45) is 5.10 Å². The fourth-order valence-electron chi connectivity index (χ4n) is 3.60. The smallest absolute Gasteiger partial charge is 0.247 e. The quantitative estimate of drug-likeness (QED) is 0.726. The number of nitrogens with zero attached hydrogens (tertiary/aromatic N) is 3. The number of hydrogen-bond acceptors (Lipinski definition) is 5. The van der Waals surface area contributed by atoms with Crippen LogP contribution in [0.15, 0.2) is 47.6 Å². The van der Waals surface area contributed by atoms with Gasteiger partial charge in [-0.3, -0.25) is 4.79 Å². The minimum absolute atomic E-state index is 0. The molecule has 0 spiro atoms. The van der Waals surface area contributed by atoms with E-state index in [2.05, 4.69) is 18.7 Å². The molecular formula is C22H26ClN3O3. The van der Waals surface area contributed by atoms with Gasteiger partial charge in [0.05, 0.1) is 18.7 Å². The average Bonchev–Trinajstić information content (AvgIpc) is 3.13. The zero-order valence-corrected chi connectivity index (χ0v) is 17.6. The Hall–Kier alpha value is -2.57. The number of fused-ring (bicyclic) bond motifs is 2. The van der Waals surface area contributed by atoms with Gasteiger partial charge in [0.2, 0.25) is 12.7 Å². The van der Waals surface area contributed by atoms with E-state index < -0.39 is 0 Å². The third kappa shape index (κ3) is 4.38. The van der Waals surface area contributed by atoms with Gasteiger partial charge in [0, 0.05) is 17.7 Å². The summed E-state index contributed by atoms with van der Waals surface area (Å²) in [5.74, 6) is 1.39. The highest BCUT2D eigenvalue weighted by molar-refractivity contribution is 6.15. The maximum atomic E-state index is 13.0. The fraction of sp³-hybridized carbons (Fsp3) is 0.364. The number of carbonyl (C=O) groups excluding carboxylic acids is 1. The van der Waals surface area contributed by atoms with E-state index in [4.69, 9.17) is 14.6 Å². The predicted molar refractivity (Wildman–Crippen MR) is 115 cm³/mol. The molecule has 2 aliphatic rings. The second kappa shape index (κ2) is 9.29. The van der Waals surface area contributed by atoms with Gasteiger partial charge in [0.1, 0.15) is 0 Å². The van der Waals surface area contributed by atoms with Gasteiger partial charge in [-0.1, -0.05) is 44.2 Å². The zero-order valence-electron chi connectivity index (χ0n) is 16.8. The average molecular weight is 416 g/mol. The number of amides is 1. The van der Waals surface area contributed by atoms with Crippen LogP contribution in [0.5, 0.6) is 11.5 Å². The molecule has 0 aromatic heterocycles. The highest BCUT2D eigenvalue weighted by Gasteiger charge is 2.27. The van der Waals surface area contributed by atoms with E-state index in [0.29, 0.717) is 24.5 Å². The molecule has 2 aliphatic heterocycles. The molecule has 7 heteroatoms. The summed E-state index contributed by atoms with van der Waals surface area (Å²) in [5.41, 5.74) is 3.61. The third-order valence-electron chi connectivity index (χ3n) is 5.27. The Labute approximate surface area is 177 Å². The highest BCUT2D eigenvalue weighted by Crippen LogP contribution is 2.37. The molecule has 1 amide bonds. The number of ether oxygens (including phenoxy) is 2. The molecule has 2 heterocycles. The van der Waals surface area contributed by atoms with E-state index in [0.717, 1.165) is 42.0 Å². The van der Waals surface area contributed by atoms with Crippen molar-refractivity contribution >= 4 is 24.0 Å². The van der Waals surface area contributed by atoms with Crippen molar-refractivity contribution in [3.63, 3.8) is 0 Å². The topological polar surface area (TPSA) is 54.4 Å². The van der Waals surface area contributed by atoms with Crippen LogP contribution < -0.4 is 9.47 Å². The van der Waals surface area contributed by atoms with Gasteiger partial charge in [-0.15, -0.1) is 12.4 Å². The Bertz CT molecular complexity index is 898. The largest absolute Gasteiger partial charge is 0.454 e. The SMILES string of the molecule is CCN(CC)CCN1N=C(c2ccccc2)c2cc3c(cc2CC1=O)OCO3.Cl. The van der Waals surface area contributed by atoms with Crippen molar-refractivity contribution in [3.05, 3.63) is 59.2 Å². The van der Waals surface area contributed by atoms with Gasteiger partial charge in [-0.2, -0.15) is 5.10 Å². The lowest BCUT2D eigenvalue weighted by molar-refractivity contribution is -0.130. The van der Waals surface area contributed by atoms with E-state index in [1.165, 1.54) is 0 Å². The van der Waals surface area contributed by atoms with Crippen LogP contribution in [0.25, 0.3) is 0 Å². The molecule has 0 saturated heterocycles. The Morgan fingerprint density at radius 3 is 2.45 bits per heavy atom. The summed E-state index contributed by atoms with van der Waals surface area (Å²) < 4.78 is 11.1. The number of hydrazone groups is 1. The fourth-order valence-corrected chi connectivity index (χ4v) is 3.60. The summed E-state index contributed by atoms with van der Waals surface area (Å²) in [6.45, 7) is 7.74. The molecule has 0 fully saturated rings. The van der Waals surface area contributed by atoms with Crippen LogP contribution >= 0.6 is 12.4 Å². The van der Waals surface area contributed by atoms with Gasteiger partial charge < -0.3 is 14.4 Å². The lowest BCUT2D eigenvalue weighted by Crippen LogP contribution is -2.36. The number of halogens is 1. The Morgan fingerprint density at radius 2 is 1.76 bits per heavy atom. The summed E-state index contributed by atoms with van der Waals surface area (Å²) in [6, 6.07) is 13.9. The lowest BCUT2D eigenvalue weighted by Gasteiger charge is -2.22. The molecule has 0 aliphatic carbocycles. The van der Waals surface area contributed by atoms with Crippen molar-refractivity contribution in [3.8, 4) is 11.5 Å². The Morgan fingerprint density at radius 1 is 1.07 bits per heavy atom. The number of carbonyl (C=O) groups is 1. The second-order valence-electron chi connectivity index (χ2n) is 6.90. The number of likely N-dealkylation sites (N-methyl/N-ethyl adjacent to an activating group) is 1. The van der Waals surface area contributed by atoms with Crippen LogP contribution in [0.3, 0.4) is 0 Å². The molecule has 29 heavy (non-hydrogen) atoms. The lowest BCUT2D eigenvalue weighted by atomic mass is 9.95. The molecule has 0 bridgehead atoms. The molecule has 0 radical (unpaired) electrons. The van der Waals surface area contributed by atoms with Crippen molar-refractivity contribution in [2.75, 3.05) is 33.0 Å². The Balaban J connectivity index is 0.00000240. The van der Waals surface area contributed by atoms with Gasteiger partial charge in [0.25, 0.3) is 0 Å². The van der Waals surface area contributed by atoms with E-state index in [1.54, 1.807) is 5.01 Å². The van der Waals surface area contributed by atoms with E-state index in [1.807, 2.05) is 42.5 Å². The van der Waals surface area contributed by atoms with E-state index in [9.17, 15) is 4.79 Å². The number of benzene rings is 2. The van der Waals surface area contributed by atoms with Crippen molar-refractivity contribution in [1.29, 1.82) is 0 Å². The summed E-state index contributed by atoms with van der Waals surface area (Å²) in [5, 5.41) is 6.43. The van der Waals surface area contributed by atoms with Crippen LogP contribution in [0.4, 0.5) is 0 Å². The van der Waals surface area contributed by atoms with Gasteiger partial charge in [-0.05, 0) is 30.8 Å². The summed E-state index contributed by atoms with van der Waals surface area (Å²) >= 11 is 0. The molecule has 154 valence electrons. The van der Waals surface area contributed by atoms with Crippen molar-refractivity contribution in [2.45, 2.75) is 20.3 Å². The van der Waals surface area contributed by atoms with Crippen molar-refractivity contribution < 1.29 is 14.3 Å². The first-order valence-corrected chi connectivity index (χ1v) is 9.79. The summed E-state index contributed by atoms with van der Waals surface area (Å²) in [7, 11) is 0. The first kappa shape index (κ1) is 21.1. The summed E-state index contributed by atoms with van der Waals surface area (Å²) in [4.78, 5) is 15.3. The molecule has 6 nitrogen and oxygen atoms in total. The number of rotatable bonds is 6. The molecule has 0 unspecified atom stereocenters. The van der Waals surface area contributed by atoms with Crippen LogP contribution in [0.2, 0.25) is 0 Å². The molecular weight excluding hydrogens is 390 g/mol. The second-order valence-corrected chi connectivity index (χ2v) is 6.90. The third-order valence-corrected chi connectivity index (χ3v) is 5.27. The summed E-state index contributed by atoms with van der Waals surface area (Å²) in [6.07, 6.45) is 0.296. The first-order valence-electron chi connectivity index (χ1n) is 9.79. The van der Waals surface area contributed by atoms with Gasteiger partial charge >= 0.3 is 0 Å². The maximum Gasteiger partial charge on any atom is 0.247 e. The molecule has 2 aromatic carbocycles. The maximum absolute atomic E-state index is 13.0. The van der Waals surface area contributed by atoms with Crippen LogP contribution in [-0.2, 0) is 11.2 Å². The van der Waals surface area contributed by atoms with Crippen LogP contribution in [0.1, 0.15) is 30.5 Å². The van der Waals surface area contributed by atoms with E-state index in [-0.39, 0.29) is 25.1 Å². The molecule has 0 saturated carbocycles. The highest BCUT2D eigenvalue weighted by atomic mass is 35.5. The van der Waals surface area contributed by atoms with Crippen LogP contribution in [0, 0.1) is 0 Å². The molecule has 0 atom stereocenters. The minimum Gasteiger partial charge on any atom is -0.454 e. The molecule has 4 rings (SSSR count). The standard InChI is InChI=1S/C22H25N3O3.ClH/c1-3-24(4-2)10-11-25-21(26)13-17-12-19-20(28-15-27-19)14-18(17)22(23-25)16-8-6-5-7-9-16;/h5-9,12,14H,3-4,10-11,13,15H2,1-2H3;1H. The van der Waals surface area contributed by atoms with Crippen molar-refractivity contribution in [1.82, 2.24) is 9.91 Å². The number of hydrogen-bond donors (Lipinski definition) is 0. The van der Waals surface area contributed by atoms with Gasteiger partial charge in [0.15, 0.2) is 11.5 Å². The molecule has 0 N–H and O–H groups in total. The molecule has 2 aromatic rings. The zero-order chi connectivity index (χ0) is 19.5. The van der Waals surface area contributed by atoms with Gasteiger partial charge in [-0.25, -0.2) is 5.01 Å². The Kier molecular flexibility index (Phi) is 6.77. The predicted octanol–water partition coefficient (Wildman–Crippen LogP) is 3.32.